The van der Waals surface area contributed by atoms with Crippen LogP contribution in [-0.2, 0) is 0 Å². The maximum atomic E-state index is 7.27. The molecule has 0 saturated heterocycles. The molecule has 7 heterocycles. The van der Waals surface area contributed by atoms with Gasteiger partial charge in [-0.3, -0.25) is 19.1 Å². The van der Waals surface area contributed by atoms with Crippen molar-refractivity contribution in [3.05, 3.63) is 277 Å². The molecule has 0 bridgehead atoms. The first-order valence-corrected chi connectivity index (χ1v) is 30.5. The average molecular weight is 1160 g/mol. The third-order valence-corrected chi connectivity index (χ3v) is 17.8. The molecule has 0 saturated carbocycles. The standard InChI is InChI=1S/C80H58N8O2/c1-47-15-25-69-61(35-47)62-36-48(2)16-26-70(62)85(69)73-29-19-53(41-77(73)89-55-21-23-59-57-11-7-9-13-67(57)87(75(59)43-55)79-39-51(5)31-33-81-79)65-45-84-66(46-83-65)54-20-30-74(86-71-27-17-49(3)37-63(71)64-38-50(4)18-28-72(64)86)78(42-54)90-56-22-24-60-58-12-8-10-14-68(58)88(76(60)44-56)80-40-52(6)32-34-82-80/h7-46H,1-6H3. The zero-order chi connectivity index (χ0) is 60.5. The molecule has 0 fully saturated rings. The predicted octanol–water partition coefficient (Wildman–Crippen LogP) is 20.4. The van der Waals surface area contributed by atoms with Crippen LogP contribution in [0.25, 0.3) is 133 Å². The second kappa shape index (κ2) is 20.5. The van der Waals surface area contributed by atoms with Crippen molar-refractivity contribution in [1.29, 1.82) is 0 Å². The van der Waals surface area contributed by atoms with Gasteiger partial charge in [0.25, 0.3) is 0 Å². The molecule has 0 N–H and O–H groups in total. The highest BCUT2D eigenvalue weighted by molar-refractivity contribution is 6.13. The number of hydrogen-bond acceptors (Lipinski definition) is 6. The minimum absolute atomic E-state index is 0.662. The van der Waals surface area contributed by atoms with E-state index in [0.717, 1.165) is 111 Å². The molecule has 0 aliphatic carbocycles. The van der Waals surface area contributed by atoms with E-state index in [1.165, 1.54) is 43.8 Å². The molecule has 10 aromatic carbocycles. The number of benzene rings is 10. The summed E-state index contributed by atoms with van der Waals surface area (Å²) in [5, 5.41) is 9.25. The van der Waals surface area contributed by atoms with Gasteiger partial charge in [-0.15, -0.1) is 0 Å². The zero-order valence-electron chi connectivity index (χ0n) is 50.5. The molecular formula is C80H58N8O2. The van der Waals surface area contributed by atoms with Crippen LogP contribution in [0.1, 0.15) is 33.4 Å². The van der Waals surface area contributed by atoms with Gasteiger partial charge in [0.05, 0.1) is 79.3 Å². The van der Waals surface area contributed by atoms with Gasteiger partial charge in [0, 0.05) is 78.7 Å². The minimum atomic E-state index is 0.662. The van der Waals surface area contributed by atoms with Gasteiger partial charge >= 0.3 is 0 Å². The highest BCUT2D eigenvalue weighted by Crippen LogP contribution is 2.44. The Morgan fingerprint density at radius 2 is 0.622 bits per heavy atom. The highest BCUT2D eigenvalue weighted by atomic mass is 16.5. The Balaban J connectivity index is 0.801. The van der Waals surface area contributed by atoms with Gasteiger partial charge < -0.3 is 18.6 Å². The number of aryl methyl sites for hydroxylation is 6. The zero-order valence-corrected chi connectivity index (χ0v) is 50.5. The number of pyridine rings is 2. The maximum absolute atomic E-state index is 7.27. The van der Waals surface area contributed by atoms with Gasteiger partial charge in [0.15, 0.2) is 11.5 Å². The fourth-order valence-electron chi connectivity index (χ4n) is 13.6. The lowest BCUT2D eigenvalue weighted by molar-refractivity contribution is 0.481. The lowest BCUT2D eigenvalue weighted by Crippen LogP contribution is -2.00. The lowest BCUT2D eigenvalue weighted by atomic mass is 10.1. The summed E-state index contributed by atoms with van der Waals surface area (Å²) in [6.07, 6.45) is 7.46. The summed E-state index contributed by atoms with van der Waals surface area (Å²) in [7, 11) is 0. The van der Waals surface area contributed by atoms with E-state index in [2.05, 4.69) is 266 Å². The van der Waals surface area contributed by atoms with E-state index < -0.39 is 0 Å². The number of fused-ring (bicyclic) bond motifs is 12. The van der Waals surface area contributed by atoms with E-state index in [1.54, 1.807) is 0 Å². The molecule has 0 aliphatic heterocycles. The van der Waals surface area contributed by atoms with E-state index in [1.807, 2.05) is 36.9 Å². The molecule has 0 amide bonds. The van der Waals surface area contributed by atoms with Crippen LogP contribution in [0, 0.1) is 41.5 Å². The lowest BCUT2D eigenvalue weighted by Gasteiger charge is -2.17. The molecule has 0 aliphatic rings. The Labute approximate surface area is 518 Å². The summed E-state index contributed by atoms with van der Waals surface area (Å²) in [4.78, 5) is 20.1. The van der Waals surface area contributed by atoms with E-state index in [4.69, 9.17) is 29.4 Å². The van der Waals surface area contributed by atoms with Gasteiger partial charge in [-0.05, 0) is 186 Å². The molecule has 17 aromatic rings. The molecule has 0 spiro atoms. The first-order chi connectivity index (χ1) is 44.0. The molecule has 10 nitrogen and oxygen atoms in total. The van der Waals surface area contributed by atoms with Crippen LogP contribution in [0.4, 0.5) is 0 Å². The summed E-state index contributed by atoms with van der Waals surface area (Å²) < 4.78 is 23.7. The van der Waals surface area contributed by atoms with Gasteiger partial charge in [0.2, 0.25) is 0 Å². The Bertz CT molecular complexity index is 5350. The third-order valence-electron chi connectivity index (χ3n) is 17.8. The van der Waals surface area contributed by atoms with Gasteiger partial charge in [0.1, 0.15) is 23.1 Å². The molecule has 17 rings (SSSR count). The van der Waals surface area contributed by atoms with Crippen molar-refractivity contribution in [1.82, 2.24) is 38.2 Å². The Hall–Kier alpha value is -11.6. The van der Waals surface area contributed by atoms with Crippen molar-refractivity contribution in [2.45, 2.75) is 41.5 Å². The maximum Gasteiger partial charge on any atom is 0.152 e. The highest BCUT2D eigenvalue weighted by Gasteiger charge is 2.23. The van der Waals surface area contributed by atoms with Crippen molar-refractivity contribution in [3.63, 3.8) is 0 Å². The summed E-state index contributed by atoms with van der Waals surface area (Å²) in [5.74, 6) is 4.39. The van der Waals surface area contributed by atoms with Crippen molar-refractivity contribution < 1.29 is 9.47 Å². The van der Waals surface area contributed by atoms with Gasteiger partial charge in [-0.2, -0.15) is 0 Å². The van der Waals surface area contributed by atoms with Crippen molar-refractivity contribution in [3.8, 4) is 68.5 Å². The van der Waals surface area contributed by atoms with Crippen LogP contribution in [0.15, 0.2) is 243 Å². The topological polar surface area (TPSA) is 89.7 Å². The molecule has 430 valence electrons. The Kier molecular flexibility index (Phi) is 12.0. The molecule has 0 atom stereocenters. The second-order valence-corrected chi connectivity index (χ2v) is 24.1. The quantitative estimate of drug-likeness (QED) is 0.136. The van der Waals surface area contributed by atoms with Crippen molar-refractivity contribution in [2.24, 2.45) is 0 Å². The Morgan fingerprint density at radius 3 is 1.00 bits per heavy atom. The van der Waals surface area contributed by atoms with Crippen LogP contribution in [0.2, 0.25) is 0 Å². The minimum Gasteiger partial charge on any atom is -0.455 e. The summed E-state index contributed by atoms with van der Waals surface area (Å²) in [6, 6.07) is 77.5. The van der Waals surface area contributed by atoms with Gasteiger partial charge in [-0.1, -0.05) is 95.1 Å². The smallest absolute Gasteiger partial charge is 0.152 e. The monoisotopic (exact) mass is 1160 g/mol. The molecule has 0 unspecified atom stereocenters. The number of nitrogens with zero attached hydrogens (tertiary/aromatic N) is 8. The van der Waals surface area contributed by atoms with Crippen molar-refractivity contribution >= 4 is 87.2 Å². The Morgan fingerprint density at radius 1 is 0.267 bits per heavy atom. The van der Waals surface area contributed by atoms with Crippen LogP contribution < -0.4 is 9.47 Å². The fourth-order valence-corrected chi connectivity index (χ4v) is 13.6. The van der Waals surface area contributed by atoms with E-state index in [0.29, 0.717) is 34.4 Å². The number of para-hydroxylation sites is 2. The van der Waals surface area contributed by atoms with E-state index in [-0.39, 0.29) is 0 Å². The predicted molar refractivity (Wildman–Crippen MR) is 367 cm³/mol. The second-order valence-electron chi connectivity index (χ2n) is 24.1. The summed E-state index contributed by atoms with van der Waals surface area (Å²) >= 11 is 0. The number of hydrogen-bond donors (Lipinski definition) is 0. The largest absolute Gasteiger partial charge is 0.455 e. The first kappa shape index (κ1) is 52.7. The fraction of sp³-hybridized carbons (Fsp3) is 0.0750. The molecule has 0 radical (unpaired) electrons. The van der Waals surface area contributed by atoms with E-state index in [9.17, 15) is 0 Å². The number of aromatic nitrogens is 8. The number of ether oxygens (including phenoxy) is 2. The third kappa shape index (κ3) is 8.62. The number of rotatable bonds is 10. The molecular weight excluding hydrogens is 1100 g/mol. The van der Waals surface area contributed by atoms with Crippen LogP contribution in [0.3, 0.4) is 0 Å². The summed E-state index contributed by atoms with van der Waals surface area (Å²) in [6.45, 7) is 12.8. The molecule has 7 aromatic heterocycles. The van der Waals surface area contributed by atoms with E-state index >= 15 is 0 Å². The first-order valence-electron chi connectivity index (χ1n) is 30.5. The SMILES string of the molecule is Cc1ccnc(-n2c3ccccc3c3ccc(Oc4cc(-c5cnc(-c6ccc(-n7c8ccc(C)cc8c8cc(C)ccc87)c(Oc7ccc8c9ccccc9n(-c9cc(C)ccn9)c8c7)c6)cn5)ccc4-n4c5ccc(C)cc5c5cc(C)ccc54)cc32)c1. The molecule has 90 heavy (non-hydrogen) atoms. The summed E-state index contributed by atoms with van der Waals surface area (Å²) in [5.41, 5.74) is 20.4. The normalized spacial score (nSPS) is 11.9. The van der Waals surface area contributed by atoms with Crippen LogP contribution in [-0.4, -0.2) is 38.2 Å². The van der Waals surface area contributed by atoms with Gasteiger partial charge in [-0.25, -0.2) is 9.97 Å². The van der Waals surface area contributed by atoms with Crippen molar-refractivity contribution in [2.75, 3.05) is 0 Å². The molecule has 10 heteroatoms. The average Bonchev–Trinajstić information content (AvgIpc) is 1.79. The van der Waals surface area contributed by atoms with Crippen LogP contribution in [0.5, 0.6) is 23.0 Å². The van der Waals surface area contributed by atoms with Crippen LogP contribution >= 0.6 is 0 Å².